The summed E-state index contributed by atoms with van der Waals surface area (Å²) < 4.78 is 62.4. The largest absolute Gasteiger partial charge is 0.423 e. The van der Waals surface area contributed by atoms with Crippen molar-refractivity contribution in [3.05, 3.63) is 33.1 Å². The minimum Gasteiger partial charge on any atom is -0.258 e. The zero-order valence-corrected chi connectivity index (χ0v) is 8.26. The Morgan fingerprint density at radius 2 is 1.94 bits per heavy atom. The fourth-order valence-electron chi connectivity index (χ4n) is 1.30. The van der Waals surface area contributed by atoms with Crippen LogP contribution in [0.3, 0.4) is 0 Å². The molecule has 0 fully saturated rings. The van der Waals surface area contributed by atoms with Crippen molar-refractivity contribution in [2.75, 3.05) is 0 Å². The molecule has 0 unspecified atom stereocenters. The number of aryl methyl sites for hydroxylation is 1. The molecule has 0 amide bonds. The Kier molecular flexibility index (Phi) is 3.30. The first-order valence-electron chi connectivity index (χ1n) is 4.15. The molecule has 1 heterocycles. The summed E-state index contributed by atoms with van der Waals surface area (Å²) in [7, 11) is 0. The number of nitrogens with zero attached hydrogens (tertiary/aromatic N) is 2. The molecule has 0 spiro atoms. The van der Waals surface area contributed by atoms with Crippen LogP contribution in [-0.4, -0.2) is 9.91 Å². The Morgan fingerprint density at radius 1 is 1.41 bits per heavy atom. The SMILES string of the molecule is Cc1ncc(C(F)F)c(C(F)(F)F)c1[N+](=O)[O-]. The topological polar surface area (TPSA) is 56.0 Å². The van der Waals surface area contributed by atoms with Gasteiger partial charge in [-0.15, -0.1) is 0 Å². The van der Waals surface area contributed by atoms with Crippen molar-refractivity contribution in [3.8, 4) is 0 Å². The highest BCUT2D eigenvalue weighted by molar-refractivity contribution is 5.50. The van der Waals surface area contributed by atoms with Crippen molar-refractivity contribution in [1.82, 2.24) is 4.98 Å². The minimum atomic E-state index is -5.23. The summed E-state index contributed by atoms with van der Waals surface area (Å²) >= 11 is 0. The lowest BCUT2D eigenvalue weighted by atomic mass is 10.1. The van der Waals surface area contributed by atoms with Gasteiger partial charge in [0.05, 0.1) is 10.5 Å². The first-order chi connectivity index (χ1) is 7.66. The number of nitro groups is 1. The van der Waals surface area contributed by atoms with Gasteiger partial charge in [-0.3, -0.25) is 15.1 Å². The van der Waals surface area contributed by atoms with E-state index in [0.29, 0.717) is 6.20 Å². The summed E-state index contributed by atoms with van der Waals surface area (Å²) in [6.07, 6.45) is -8.42. The van der Waals surface area contributed by atoms with E-state index in [1.165, 1.54) is 0 Å². The summed E-state index contributed by atoms with van der Waals surface area (Å²) in [5, 5.41) is 10.5. The number of hydrogen-bond donors (Lipinski definition) is 0. The predicted octanol–water partition coefficient (Wildman–Crippen LogP) is 3.25. The maximum Gasteiger partial charge on any atom is 0.423 e. The highest BCUT2D eigenvalue weighted by atomic mass is 19.4. The van der Waals surface area contributed by atoms with Crippen LogP contribution in [0.25, 0.3) is 0 Å². The van der Waals surface area contributed by atoms with Gasteiger partial charge < -0.3 is 0 Å². The third-order valence-electron chi connectivity index (χ3n) is 1.97. The molecule has 9 heteroatoms. The molecule has 4 nitrogen and oxygen atoms in total. The highest BCUT2D eigenvalue weighted by Crippen LogP contribution is 2.42. The van der Waals surface area contributed by atoms with Crippen LogP contribution in [-0.2, 0) is 6.18 Å². The normalized spacial score (nSPS) is 11.9. The molecule has 0 aliphatic rings. The molecule has 0 N–H and O–H groups in total. The van der Waals surface area contributed by atoms with E-state index in [-0.39, 0.29) is 0 Å². The number of rotatable bonds is 2. The van der Waals surface area contributed by atoms with Crippen LogP contribution in [0.5, 0.6) is 0 Å². The molecular formula is C8H5F5N2O2. The predicted molar refractivity (Wildman–Crippen MR) is 45.6 cm³/mol. The summed E-state index contributed by atoms with van der Waals surface area (Å²) in [6, 6.07) is 0. The fraction of sp³-hybridized carbons (Fsp3) is 0.375. The van der Waals surface area contributed by atoms with Gasteiger partial charge in [-0.1, -0.05) is 0 Å². The average molecular weight is 256 g/mol. The van der Waals surface area contributed by atoms with E-state index in [0.717, 1.165) is 6.92 Å². The van der Waals surface area contributed by atoms with Crippen LogP contribution in [0.1, 0.15) is 23.2 Å². The first-order valence-corrected chi connectivity index (χ1v) is 4.15. The zero-order valence-electron chi connectivity index (χ0n) is 8.26. The molecule has 94 valence electrons. The van der Waals surface area contributed by atoms with Crippen LogP contribution in [0, 0.1) is 17.0 Å². The fourth-order valence-corrected chi connectivity index (χ4v) is 1.30. The lowest BCUT2D eigenvalue weighted by molar-refractivity contribution is -0.389. The first kappa shape index (κ1) is 13.3. The monoisotopic (exact) mass is 256 g/mol. The van der Waals surface area contributed by atoms with E-state index in [2.05, 4.69) is 4.98 Å². The van der Waals surface area contributed by atoms with Gasteiger partial charge in [-0.2, -0.15) is 13.2 Å². The van der Waals surface area contributed by atoms with Crippen molar-refractivity contribution >= 4 is 5.69 Å². The van der Waals surface area contributed by atoms with Crippen LogP contribution in [0.15, 0.2) is 6.20 Å². The number of pyridine rings is 1. The molecule has 17 heavy (non-hydrogen) atoms. The highest BCUT2D eigenvalue weighted by Gasteiger charge is 2.44. The van der Waals surface area contributed by atoms with E-state index >= 15 is 0 Å². The quantitative estimate of drug-likeness (QED) is 0.463. The van der Waals surface area contributed by atoms with Crippen molar-refractivity contribution in [2.45, 2.75) is 19.5 Å². The van der Waals surface area contributed by atoms with Crippen LogP contribution in [0.2, 0.25) is 0 Å². The molecule has 0 saturated carbocycles. The van der Waals surface area contributed by atoms with Gasteiger partial charge in [0.1, 0.15) is 11.3 Å². The molecule has 0 aliphatic carbocycles. The van der Waals surface area contributed by atoms with E-state index in [1.807, 2.05) is 0 Å². The summed E-state index contributed by atoms with van der Waals surface area (Å²) in [5.74, 6) is 0. The maximum absolute atomic E-state index is 12.5. The second-order valence-electron chi connectivity index (χ2n) is 3.08. The van der Waals surface area contributed by atoms with Crippen molar-refractivity contribution in [2.24, 2.45) is 0 Å². The summed E-state index contributed by atoms with van der Waals surface area (Å²) in [6.45, 7) is 0.947. The molecule has 1 rings (SSSR count). The second-order valence-corrected chi connectivity index (χ2v) is 3.08. The lowest BCUT2D eigenvalue weighted by Gasteiger charge is -2.13. The Morgan fingerprint density at radius 3 is 2.29 bits per heavy atom. The molecule has 0 bridgehead atoms. The molecule has 0 radical (unpaired) electrons. The number of halogens is 5. The number of alkyl halides is 5. The molecule has 1 aromatic heterocycles. The van der Waals surface area contributed by atoms with E-state index in [4.69, 9.17) is 0 Å². The molecule has 0 aromatic carbocycles. The Balaban J connectivity index is 3.68. The molecule has 1 aromatic rings. The summed E-state index contributed by atoms with van der Waals surface area (Å²) in [5.41, 5.74) is -5.43. The maximum atomic E-state index is 12.5. The summed E-state index contributed by atoms with van der Waals surface area (Å²) in [4.78, 5) is 12.3. The van der Waals surface area contributed by atoms with Crippen molar-refractivity contribution in [1.29, 1.82) is 0 Å². The Labute approximate surface area is 91.2 Å². The standard InChI is InChI=1S/C8H5F5N2O2/c1-3-6(15(16)17)5(8(11,12)13)4(2-14-3)7(9)10/h2,7H,1H3. The van der Waals surface area contributed by atoms with Crippen LogP contribution in [0.4, 0.5) is 27.6 Å². The molecule has 0 atom stereocenters. The van der Waals surface area contributed by atoms with E-state index < -0.39 is 40.0 Å². The third kappa shape index (κ3) is 2.48. The average Bonchev–Trinajstić information content (AvgIpc) is 2.14. The third-order valence-corrected chi connectivity index (χ3v) is 1.97. The van der Waals surface area contributed by atoms with Gasteiger partial charge in [0, 0.05) is 6.20 Å². The smallest absolute Gasteiger partial charge is 0.258 e. The van der Waals surface area contributed by atoms with Gasteiger partial charge in [0.25, 0.3) is 6.43 Å². The van der Waals surface area contributed by atoms with Gasteiger partial charge in [0.2, 0.25) is 0 Å². The Hall–Kier alpha value is -1.80. The van der Waals surface area contributed by atoms with Crippen LogP contribution >= 0.6 is 0 Å². The molecule has 0 saturated heterocycles. The number of aromatic nitrogens is 1. The minimum absolute atomic E-state index is 0.301. The van der Waals surface area contributed by atoms with Gasteiger partial charge in [0.15, 0.2) is 0 Å². The zero-order chi connectivity index (χ0) is 13.4. The van der Waals surface area contributed by atoms with E-state index in [1.54, 1.807) is 0 Å². The second kappa shape index (κ2) is 4.22. The van der Waals surface area contributed by atoms with Gasteiger partial charge in [-0.05, 0) is 6.92 Å². The number of hydrogen-bond acceptors (Lipinski definition) is 3. The van der Waals surface area contributed by atoms with Gasteiger partial charge in [-0.25, -0.2) is 8.78 Å². The Bertz CT molecular complexity index is 458. The molecular weight excluding hydrogens is 251 g/mol. The van der Waals surface area contributed by atoms with E-state index in [9.17, 15) is 32.1 Å². The van der Waals surface area contributed by atoms with Gasteiger partial charge >= 0.3 is 11.9 Å². The lowest BCUT2D eigenvalue weighted by Crippen LogP contribution is -2.15. The van der Waals surface area contributed by atoms with Crippen molar-refractivity contribution in [3.63, 3.8) is 0 Å². The van der Waals surface area contributed by atoms with Crippen molar-refractivity contribution < 1.29 is 26.9 Å². The van der Waals surface area contributed by atoms with Crippen LogP contribution < -0.4 is 0 Å². The molecule has 0 aliphatic heterocycles.